The number of hydrogen-bond acceptors (Lipinski definition) is 3. The smallest absolute Gasteiger partial charge is 0.326 e. The van der Waals surface area contributed by atoms with Crippen LogP contribution in [0.5, 0.6) is 5.88 Å². The van der Waals surface area contributed by atoms with Crippen molar-refractivity contribution >= 4 is 0 Å². The van der Waals surface area contributed by atoms with Crippen LogP contribution in [-0.2, 0) is 0 Å². The molecular weight excluding hydrogens is 170 g/mol. The largest absolute Gasteiger partial charge is 0.493 e. The molecule has 66 valence electrons. The minimum Gasteiger partial charge on any atom is -0.493 e. The van der Waals surface area contributed by atoms with Gasteiger partial charge in [-0.1, -0.05) is 0 Å². The van der Waals surface area contributed by atoms with Crippen LogP contribution in [0, 0.1) is 0 Å². The van der Waals surface area contributed by atoms with Crippen molar-refractivity contribution in [2.45, 2.75) is 0 Å². The number of pyridine rings is 1. The molecule has 5 nitrogen and oxygen atoms in total. The minimum absolute atomic E-state index is 0.156. The van der Waals surface area contributed by atoms with Crippen LogP contribution in [0.2, 0.25) is 0 Å². The first-order valence-electron chi connectivity index (χ1n) is 3.69. The molecule has 0 aromatic carbocycles. The average molecular weight is 177 g/mol. The summed E-state index contributed by atoms with van der Waals surface area (Å²) < 4.78 is 0. The summed E-state index contributed by atoms with van der Waals surface area (Å²) in [7, 11) is 0. The Morgan fingerprint density at radius 2 is 1.92 bits per heavy atom. The molecular formula is C8H7N3O2. The number of rotatable bonds is 1. The fourth-order valence-corrected chi connectivity index (χ4v) is 1.10. The fraction of sp³-hybridized carbons (Fsp3) is 0. The molecule has 5 heteroatoms. The van der Waals surface area contributed by atoms with E-state index in [-0.39, 0.29) is 5.88 Å². The van der Waals surface area contributed by atoms with Gasteiger partial charge >= 0.3 is 5.69 Å². The van der Waals surface area contributed by atoms with Crippen LogP contribution >= 0.6 is 0 Å². The molecule has 0 bridgehead atoms. The molecule has 13 heavy (non-hydrogen) atoms. The van der Waals surface area contributed by atoms with Crippen LogP contribution in [0.3, 0.4) is 0 Å². The SMILES string of the molecule is O=c1[nH]c(O)c(-c2ccncc2)[nH]1. The van der Waals surface area contributed by atoms with Crippen molar-refractivity contribution in [3.05, 3.63) is 35.0 Å². The van der Waals surface area contributed by atoms with Crippen molar-refractivity contribution < 1.29 is 5.11 Å². The lowest BCUT2D eigenvalue weighted by atomic mass is 10.2. The quantitative estimate of drug-likeness (QED) is 0.592. The number of aromatic hydroxyl groups is 1. The van der Waals surface area contributed by atoms with Crippen molar-refractivity contribution in [1.29, 1.82) is 0 Å². The lowest BCUT2D eigenvalue weighted by Crippen LogP contribution is -1.99. The number of nitrogens with zero attached hydrogens (tertiary/aromatic N) is 1. The summed E-state index contributed by atoms with van der Waals surface area (Å²) in [6, 6.07) is 3.39. The van der Waals surface area contributed by atoms with E-state index < -0.39 is 5.69 Å². The van der Waals surface area contributed by atoms with Crippen molar-refractivity contribution in [2.75, 3.05) is 0 Å². The van der Waals surface area contributed by atoms with Crippen LogP contribution in [-0.4, -0.2) is 20.1 Å². The van der Waals surface area contributed by atoms with E-state index in [4.69, 9.17) is 0 Å². The first-order valence-corrected chi connectivity index (χ1v) is 3.69. The summed E-state index contributed by atoms with van der Waals surface area (Å²) in [5.74, 6) is -0.156. The Kier molecular flexibility index (Phi) is 1.63. The topological polar surface area (TPSA) is 81.8 Å². The molecule has 0 aliphatic carbocycles. The molecule has 0 unspecified atom stereocenters. The Bertz CT molecular complexity index is 458. The van der Waals surface area contributed by atoms with Crippen LogP contribution < -0.4 is 5.69 Å². The van der Waals surface area contributed by atoms with Crippen molar-refractivity contribution in [1.82, 2.24) is 15.0 Å². The normalized spacial score (nSPS) is 10.2. The van der Waals surface area contributed by atoms with Crippen LogP contribution in [0.1, 0.15) is 0 Å². The Hall–Kier alpha value is -2.04. The van der Waals surface area contributed by atoms with Gasteiger partial charge in [-0.2, -0.15) is 0 Å². The molecule has 2 aromatic rings. The van der Waals surface area contributed by atoms with E-state index in [9.17, 15) is 9.90 Å². The summed E-state index contributed by atoms with van der Waals surface area (Å²) >= 11 is 0. The lowest BCUT2D eigenvalue weighted by molar-refractivity contribution is 0.457. The van der Waals surface area contributed by atoms with Crippen LogP contribution in [0.4, 0.5) is 0 Å². The monoisotopic (exact) mass is 177 g/mol. The number of hydrogen-bond donors (Lipinski definition) is 3. The number of imidazole rings is 1. The molecule has 0 spiro atoms. The zero-order valence-corrected chi connectivity index (χ0v) is 6.61. The average Bonchev–Trinajstić information content (AvgIpc) is 2.47. The molecule has 2 heterocycles. The van der Waals surface area contributed by atoms with Gasteiger partial charge in [0.2, 0.25) is 5.88 Å². The predicted molar refractivity (Wildman–Crippen MR) is 46.3 cm³/mol. The van der Waals surface area contributed by atoms with Crippen LogP contribution in [0.15, 0.2) is 29.3 Å². The van der Waals surface area contributed by atoms with Gasteiger partial charge in [0.05, 0.1) is 0 Å². The summed E-state index contributed by atoms with van der Waals surface area (Å²) in [4.78, 5) is 19.3. The third kappa shape index (κ3) is 1.31. The Morgan fingerprint density at radius 1 is 1.23 bits per heavy atom. The Balaban J connectivity index is 2.59. The lowest BCUT2D eigenvalue weighted by Gasteiger charge is -1.95. The number of aromatic amines is 2. The van der Waals surface area contributed by atoms with Gasteiger partial charge in [-0.15, -0.1) is 0 Å². The molecule has 0 amide bonds. The maximum Gasteiger partial charge on any atom is 0.326 e. The van der Waals surface area contributed by atoms with Crippen molar-refractivity contribution in [2.24, 2.45) is 0 Å². The van der Waals surface area contributed by atoms with E-state index in [1.165, 1.54) is 0 Å². The highest BCUT2D eigenvalue weighted by Gasteiger charge is 2.06. The number of aromatic nitrogens is 3. The van der Waals surface area contributed by atoms with E-state index in [0.717, 1.165) is 0 Å². The molecule has 0 aliphatic rings. The number of H-pyrrole nitrogens is 2. The first kappa shape index (κ1) is 7.60. The van der Waals surface area contributed by atoms with Gasteiger partial charge in [0, 0.05) is 18.0 Å². The number of nitrogens with one attached hydrogen (secondary N) is 2. The van der Waals surface area contributed by atoms with Crippen molar-refractivity contribution in [3.63, 3.8) is 0 Å². The van der Waals surface area contributed by atoms with Gasteiger partial charge in [-0.25, -0.2) is 4.79 Å². The zero-order valence-electron chi connectivity index (χ0n) is 6.61. The molecule has 2 rings (SSSR count). The zero-order chi connectivity index (χ0) is 9.26. The van der Waals surface area contributed by atoms with Gasteiger partial charge < -0.3 is 10.1 Å². The van der Waals surface area contributed by atoms with E-state index >= 15 is 0 Å². The maximum absolute atomic E-state index is 10.8. The van der Waals surface area contributed by atoms with E-state index in [1.54, 1.807) is 24.5 Å². The highest BCUT2D eigenvalue weighted by Crippen LogP contribution is 2.21. The molecule has 2 aromatic heterocycles. The second-order valence-corrected chi connectivity index (χ2v) is 2.54. The second-order valence-electron chi connectivity index (χ2n) is 2.54. The highest BCUT2D eigenvalue weighted by atomic mass is 16.3. The van der Waals surface area contributed by atoms with Crippen LogP contribution in [0.25, 0.3) is 11.3 Å². The molecule has 0 saturated carbocycles. The predicted octanol–water partition coefficient (Wildman–Crippen LogP) is 0.471. The third-order valence-electron chi connectivity index (χ3n) is 1.68. The summed E-state index contributed by atoms with van der Waals surface area (Å²) in [5.41, 5.74) is 0.669. The van der Waals surface area contributed by atoms with Gasteiger partial charge in [0.25, 0.3) is 0 Å². The molecule has 0 atom stereocenters. The standard InChI is InChI=1S/C8H7N3O2/c12-7-6(10-8(13)11-7)5-1-3-9-4-2-5/h1-4,12H,(H2,10,11,13). The third-order valence-corrected chi connectivity index (χ3v) is 1.68. The summed E-state index contributed by atoms with van der Waals surface area (Å²) in [6.07, 6.45) is 3.17. The van der Waals surface area contributed by atoms with Gasteiger partial charge in [0.1, 0.15) is 5.69 Å². The van der Waals surface area contributed by atoms with Gasteiger partial charge in [-0.3, -0.25) is 9.97 Å². The molecule has 0 fully saturated rings. The van der Waals surface area contributed by atoms with Gasteiger partial charge in [0.15, 0.2) is 0 Å². The van der Waals surface area contributed by atoms with Crippen molar-refractivity contribution in [3.8, 4) is 17.1 Å². The summed E-state index contributed by atoms with van der Waals surface area (Å²) in [6.45, 7) is 0. The maximum atomic E-state index is 10.8. The molecule has 0 saturated heterocycles. The molecule has 0 aliphatic heterocycles. The first-order chi connectivity index (χ1) is 6.27. The fourth-order valence-electron chi connectivity index (χ4n) is 1.10. The Labute approximate surface area is 73.1 Å². The minimum atomic E-state index is -0.427. The van der Waals surface area contributed by atoms with E-state index in [0.29, 0.717) is 11.3 Å². The summed E-state index contributed by atoms with van der Waals surface area (Å²) in [5, 5.41) is 9.28. The van der Waals surface area contributed by atoms with E-state index in [2.05, 4.69) is 15.0 Å². The van der Waals surface area contributed by atoms with Gasteiger partial charge in [-0.05, 0) is 12.1 Å². The molecule has 3 N–H and O–H groups in total. The highest BCUT2D eigenvalue weighted by molar-refractivity contribution is 5.62. The van der Waals surface area contributed by atoms with E-state index in [1.807, 2.05) is 0 Å². The molecule has 0 radical (unpaired) electrons. The second kappa shape index (κ2) is 2.78. The Morgan fingerprint density at radius 3 is 2.46 bits per heavy atom.